The molecule has 8 heteroatoms. The number of amides is 1. The van der Waals surface area contributed by atoms with E-state index in [9.17, 15) is 4.79 Å². The Balaban J connectivity index is 2.63. The maximum absolute atomic E-state index is 11.9. The fraction of sp³-hybridized carbons (Fsp3) is 0.615. The van der Waals surface area contributed by atoms with Crippen molar-refractivity contribution < 1.29 is 9.53 Å². The van der Waals surface area contributed by atoms with Crippen molar-refractivity contribution in [1.29, 1.82) is 0 Å². The summed E-state index contributed by atoms with van der Waals surface area (Å²) in [7, 11) is 1.59. The van der Waals surface area contributed by atoms with Gasteiger partial charge in [0.25, 0.3) is 0 Å². The SMILES string of the molecule is CCCNc1ncnc(NC(C)C(=O)NCCOC)c1Br. The lowest BCUT2D eigenvalue weighted by Crippen LogP contribution is -2.39. The molecule has 1 rings (SSSR count). The molecule has 118 valence electrons. The first-order valence-corrected chi connectivity index (χ1v) is 7.67. The van der Waals surface area contributed by atoms with Crippen LogP contribution in [-0.2, 0) is 9.53 Å². The number of carbonyl (C=O) groups is 1. The Kier molecular flexibility index (Phi) is 7.99. The summed E-state index contributed by atoms with van der Waals surface area (Å²) in [4.78, 5) is 20.2. The molecule has 7 nitrogen and oxygen atoms in total. The zero-order valence-corrected chi connectivity index (χ0v) is 14.2. The molecule has 0 saturated heterocycles. The van der Waals surface area contributed by atoms with E-state index in [0.29, 0.717) is 24.8 Å². The number of hydrogen-bond acceptors (Lipinski definition) is 6. The summed E-state index contributed by atoms with van der Waals surface area (Å²) in [6.07, 6.45) is 2.46. The molecule has 3 N–H and O–H groups in total. The van der Waals surface area contributed by atoms with Gasteiger partial charge in [0, 0.05) is 20.2 Å². The fourth-order valence-electron chi connectivity index (χ4n) is 1.54. The maximum atomic E-state index is 11.9. The molecule has 0 bridgehead atoms. The van der Waals surface area contributed by atoms with Gasteiger partial charge in [-0.3, -0.25) is 4.79 Å². The van der Waals surface area contributed by atoms with Crippen molar-refractivity contribution in [2.24, 2.45) is 0 Å². The van der Waals surface area contributed by atoms with Crippen molar-refractivity contribution >= 4 is 33.5 Å². The van der Waals surface area contributed by atoms with Crippen LogP contribution >= 0.6 is 15.9 Å². The van der Waals surface area contributed by atoms with Crippen LogP contribution in [-0.4, -0.2) is 48.7 Å². The first-order chi connectivity index (χ1) is 10.1. The number of rotatable bonds is 9. The Morgan fingerprint density at radius 1 is 1.38 bits per heavy atom. The van der Waals surface area contributed by atoms with Gasteiger partial charge in [-0.1, -0.05) is 6.92 Å². The van der Waals surface area contributed by atoms with Crippen LogP contribution in [0.5, 0.6) is 0 Å². The fourth-order valence-corrected chi connectivity index (χ4v) is 2.00. The van der Waals surface area contributed by atoms with Crippen LogP contribution in [0.3, 0.4) is 0 Å². The van der Waals surface area contributed by atoms with Gasteiger partial charge in [0.2, 0.25) is 5.91 Å². The van der Waals surface area contributed by atoms with Crippen LogP contribution < -0.4 is 16.0 Å². The largest absolute Gasteiger partial charge is 0.383 e. The highest BCUT2D eigenvalue weighted by atomic mass is 79.9. The van der Waals surface area contributed by atoms with Crippen LogP contribution in [0.4, 0.5) is 11.6 Å². The van der Waals surface area contributed by atoms with Crippen LogP contribution in [0.2, 0.25) is 0 Å². The molecule has 1 amide bonds. The second kappa shape index (κ2) is 9.51. The number of nitrogens with one attached hydrogen (secondary N) is 3. The van der Waals surface area contributed by atoms with Gasteiger partial charge in [0.1, 0.15) is 28.5 Å². The Morgan fingerprint density at radius 2 is 2.10 bits per heavy atom. The summed E-state index contributed by atoms with van der Waals surface area (Å²) in [5, 5.41) is 9.03. The molecule has 1 heterocycles. The van der Waals surface area contributed by atoms with E-state index in [0.717, 1.165) is 17.4 Å². The molecule has 1 unspecified atom stereocenters. The molecule has 0 aliphatic carbocycles. The van der Waals surface area contributed by atoms with Gasteiger partial charge in [-0.15, -0.1) is 0 Å². The van der Waals surface area contributed by atoms with Crippen LogP contribution in [0.25, 0.3) is 0 Å². The molecule has 0 aliphatic rings. The summed E-state index contributed by atoms with van der Waals surface area (Å²) < 4.78 is 5.61. The van der Waals surface area contributed by atoms with Crippen molar-refractivity contribution in [3.8, 4) is 0 Å². The maximum Gasteiger partial charge on any atom is 0.242 e. The quantitative estimate of drug-likeness (QED) is 0.580. The number of halogens is 1. The predicted octanol–water partition coefficient (Wildman–Crippen LogP) is 1.62. The number of hydrogen-bond donors (Lipinski definition) is 3. The average Bonchev–Trinajstić information content (AvgIpc) is 2.48. The first kappa shape index (κ1) is 17.6. The third kappa shape index (κ3) is 5.84. The van der Waals surface area contributed by atoms with Crippen molar-refractivity contribution in [2.45, 2.75) is 26.3 Å². The molecule has 0 fully saturated rings. The number of carbonyl (C=O) groups excluding carboxylic acids is 1. The lowest BCUT2D eigenvalue weighted by Gasteiger charge is -2.16. The van der Waals surface area contributed by atoms with E-state index in [1.807, 2.05) is 0 Å². The number of anilines is 2. The zero-order valence-electron chi connectivity index (χ0n) is 12.6. The van der Waals surface area contributed by atoms with E-state index < -0.39 is 6.04 Å². The lowest BCUT2D eigenvalue weighted by molar-refractivity contribution is -0.121. The monoisotopic (exact) mass is 359 g/mol. The zero-order chi connectivity index (χ0) is 15.7. The van der Waals surface area contributed by atoms with Gasteiger partial charge in [0.05, 0.1) is 6.61 Å². The normalized spacial score (nSPS) is 11.8. The molecule has 0 spiro atoms. The highest BCUT2D eigenvalue weighted by Gasteiger charge is 2.15. The van der Waals surface area contributed by atoms with Crippen LogP contribution in [0, 0.1) is 0 Å². The van der Waals surface area contributed by atoms with Gasteiger partial charge in [0.15, 0.2) is 0 Å². The second-order valence-electron chi connectivity index (χ2n) is 4.46. The summed E-state index contributed by atoms with van der Waals surface area (Å²) in [5.74, 6) is 1.18. The second-order valence-corrected chi connectivity index (χ2v) is 5.25. The number of ether oxygens (including phenoxy) is 1. The first-order valence-electron chi connectivity index (χ1n) is 6.87. The van der Waals surface area contributed by atoms with E-state index in [4.69, 9.17) is 4.74 Å². The minimum atomic E-state index is -0.410. The minimum absolute atomic E-state index is 0.111. The predicted molar refractivity (Wildman–Crippen MR) is 86.5 cm³/mol. The lowest BCUT2D eigenvalue weighted by atomic mass is 10.3. The average molecular weight is 360 g/mol. The van der Waals surface area contributed by atoms with Crippen LogP contribution in [0.1, 0.15) is 20.3 Å². The highest BCUT2D eigenvalue weighted by molar-refractivity contribution is 9.10. The molecule has 21 heavy (non-hydrogen) atoms. The third-order valence-electron chi connectivity index (χ3n) is 2.68. The van der Waals surface area contributed by atoms with Gasteiger partial charge in [-0.25, -0.2) is 9.97 Å². The van der Waals surface area contributed by atoms with E-state index >= 15 is 0 Å². The number of aromatic nitrogens is 2. The van der Waals surface area contributed by atoms with E-state index in [-0.39, 0.29) is 5.91 Å². The molecular formula is C13H22BrN5O2. The van der Waals surface area contributed by atoms with Crippen molar-refractivity contribution in [3.63, 3.8) is 0 Å². The van der Waals surface area contributed by atoms with Crippen LogP contribution in [0.15, 0.2) is 10.8 Å². The topological polar surface area (TPSA) is 88.2 Å². The molecule has 0 saturated carbocycles. The molecule has 1 atom stereocenters. The Hall–Kier alpha value is -1.41. The minimum Gasteiger partial charge on any atom is -0.383 e. The summed E-state index contributed by atoms with van der Waals surface area (Å²) >= 11 is 3.45. The van der Waals surface area contributed by atoms with E-state index in [1.165, 1.54) is 6.33 Å². The van der Waals surface area contributed by atoms with Crippen molar-refractivity contribution in [3.05, 3.63) is 10.8 Å². The Morgan fingerprint density at radius 3 is 2.76 bits per heavy atom. The smallest absolute Gasteiger partial charge is 0.242 e. The van der Waals surface area contributed by atoms with Gasteiger partial charge in [-0.2, -0.15) is 0 Å². The van der Waals surface area contributed by atoms with Crippen molar-refractivity contribution in [1.82, 2.24) is 15.3 Å². The highest BCUT2D eigenvalue weighted by Crippen LogP contribution is 2.26. The molecule has 1 aromatic heterocycles. The van der Waals surface area contributed by atoms with Gasteiger partial charge in [-0.05, 0) is 29.3 Å². The molecule has 0 aromatic carbocycles. The summed E-state index contributed by atoms with van der Waals surface area (Å²) in [6.45, 7) is 5.64. The standard InChI is InChI=1S/C13H22BrN5O2/c1-4-5-15-11-10(14)12(18-8-17-11)19-9(2)13(20)16-6-7-21-3/h8-9H,4-7H2,1-3H3,(H,16,20)(H2,15,17,18,19). The van der Waals surface area contributed by atoms with Gasteiger partial charge < -0.3 is 20.7 Å². The summed E-state index contributed by atoms with van der Waals surface area (Å²) in [6, 6.07) is -0.410. The molecule has 0 radical (unpaired) electrons. The van der Waals surface area contributed by atoms with E-state index in [2.05, 4.69) is 48.8 Å². The molecule has 0 aliphatic heterocycles. The summed E-state index contributed by atoms with van der Waals surface area (Å²) in [5.41, 5.74) is 0. The number of methoxy groups -OCH3 is 1. The molecule has 1 aromatic rings. The Labute approximate surface area is 133 Å². The number of nitrogens with zero attached hydrogens (tertiary/aromatic N) is 2. The van der Waals surface area contributed by atoms with Crippen molar-refractivity contribution in [2.75, 3.05) is 37.4 Å². The Bertz CT molecular complexity index is 458. The third-order valence-corrected chi connectivity index (χ3v) is 3.43. The molecular weight excluding hydrogens is 338 g/mol. The van der Waals surface area contributed by atoms with E-state index in [1.54, 1.807) is 14.0 Å². The van der Waals surface area contributed by atoms with Gasteiger partial charge >= 0.3 is 0 Å².